The van der Waals surface area contributed by atoms with Crippen LogP contribution in [0.15, 0.2) is 30.3 Å². The molecule has 0 bridgehead atoms. The molecule has 4 rings (SSSR count). The molecule has 1 amide bonds. The molecule has 1 aromatic heterocycles. The van der Waals surface area contributed by atoms with Crippen molar-refractivity contribution in [2.24, 2.45) is 0 Å². The maximum Gasteiger partial charge on any atom is 0.410 e. The van der Waals surface area contributed by atoms with E-state index in [0.29, 0.717) is 31.7 Å². The lowest BCUT2D eigenvalue weighted by atomic mass is 9.97. The fourth-order valence-electron chi connectivity index (χ4n) is 3.76. The molecule has 0 saturated carbocycles. The molecular formula is C19H21F4N5O. The van der Waals surface area contributed by atoms with Crippen molar-refractivity contribution in [1.82, 2.24) is 19.6 Å². The van der Waals surface area contributed by atoms with Gasteiger partial charge in [-0.15, -0.1) is 0 Å². The van der Waals surface area contributed by atoms with Gasteiger partial charge in [-0.25, -0.2) is 9.07 Å². The second-order valence-electron chi connectivity index (χ2n) is 7.50. The molecule has 0 unspecified atom stereocenters. The van der Waals surface area contributed by atoms with Gasteiger partial charge in [0.1, 0.15) is 11.6 Å². The Hall–Kier alpha value is -2.62. The molecule has 0 aliphatic carbocycles. The van der Waals surface area contributed by atoms with Crippen LogP contribution in [0.1, 0.15) is 34.6 Å². The average molecular weight is 411 g/mol. The van der Waals surface area contributed by atoms with Gasteiger partial charge in [0.15, 0.2) is 11.7 Å². The Morgan fingerprint density at radius 2 is 1.79 bits per heavy atom. The van der Waals surface area contributed by atoms with Crippen LogP contribution in [0.4, 0.5) is 23.4 Å². The number of fused-ring (bicyclic) bond motifs is 1. The summed E-state index contributed by atoms with van der Waals surface area (Å²) in [5, 5.41) is 7.02. The summed E-state index contributed by atoms with van der Waals surface area (Å²) < 4.78 is 55.2. The number of nitrogens with zero attached hydrogens (tertiary/aromatic N) is 4. The van der Waals surface area contributed by atoms with Gasteiger partial charge in [-0.05, 0) is 24.7 Å². The Balaban J connectivity index is 1.63. The summed E-state index contributed by atoms with van der Waals surface area (Å²) in [5.41, 5.74) is 0.533. The number of carbonyl (C=O) groups excluding carboxylic acids is 1. The van der Waals surface area contributed by atoms with Gasteiger partial charge < -0.3 is 15.1 Å². The number of amides is 1. The van der Waals surface area contributed by atoms with Gasteiger partial charge in [0.25, 0.3) is 5.91 Å². The number of hydrogen-bond acceptors (Lipinski definition) is 4. The molecule has 2 atom stereocenters. The zero-order valence-corrected chi connectivity index (χ0v) is 15.8. The molecule has 3 heterocycles. The SMILES string of the molecule is CN1CCN(C(=O)c2cc3n(n2)[C@H](C(F)(F)F)C[C@@H](c2ccc(F)cc2)N3)CC1. The molecule has 1 aromatic carbocycles. The maximum atomic E-state index is 13.7. The fraction of sp³-hybridized carbons (Fsp3) is 0.474. The van der Waals surface area contributed by atoms with E-state index in [4.69, 9.17) is 0 Å². The lowest BCUT2D eigenvalue weighted by Gasteiger charge is -2.33. The number of hydrogen-bond donors (Lipinski definition) is 1. The highest BCUT2D eigenvalue weighted by Crippen LogP contribution is 2.43. The first-order chi connectivity index (χ1) is 13.7. The number of carbonyl (C=O) groups is 1. The van der Waals surface area contributed by atoms with E-state index in [2.05, 4.69) is 15.3 Å². The standard InChI is InChI=1S/C19H21F4N5O/c1-26-6-8-27(9-7-26)18(29)15-11-17-24-14(12-2-4-13(20)5-3-12)10-16(19(21,22)23)28(17)25-15/h2-5,11,14,16,24H,6-10H2,1H3/t14-,16-/m0/s1. The van der Waals surface area contributed by atoms with E-state index in [-0.39, 0.29) is 23.8 Å². The number of halogens is 4. The molecule has 2 aliphatic rings. The monoisotopic (exact) mass is 411 g/mol. The largest absolute Gasteiger partial charge is 0.410 e. The second kappa shape index (κ2) is 7.33. The Morgan fingerprint density at radius 3 is 2.41 bits per heavy atom. The minimum atomic E-state index is -4.53. The van der Waals surface area contributed by atoms with Gasteiger partial charge in [-0.1, -0.05) is 12.1 Å². The lowest BCUT2D eigenvalue weighted by molar-refractivity contribution is -0.173. The summed E-state index contributed by atoms with van der Waals surface area (Å²) in [6, 6.07) is 4.18. The third kappa shape index (κ3) is 3.93. The van der Waals surface area contributed by atoms with E-state index >= 15 is 0 Å². The van der Waals surface area contributed by atoms with E-state index in [1.54, 1.807) is 4.90 Å². The van der Waals surface area contributed by atoms with Crippen LogP contribution >= 0.6 is 0 Å². The van der Waals surface area contributed by atoms with Crippen LogP contribution in [0.2, 0.25) is 0 Å². The smallest absolute Gasteiger partial charge is 0.363 e. The third-order valence-electron chi connectivity index (χ3n) is 5.47. The molecule has 156 valence electrons. The van der Waals surface area contributed by atoms with Crippen molar-refractivity contribution in [2.45, 2.75) is 24.7 Å². The van der Waals surface area contributed by atoms with Crippen molar-refractivity contribution in [2.75, 3.05) is 38.5 Å². The highest BCUT2D eigenvalue weighted by molar-refractivity contribution is 5.93. The fourth-order valence-corrected chi connectivity index (χ4v) is 3.76. The topological polar surface area (TPSA) is 53.4 Å². The van der Waals surface area contributed by atoms with Crippen molar-refractivity contribution in [3.63, 3.8) is 0 Å². The first-order valence-corrected chi connectivity index (χ1v) is 9.38. The van der Waals surface area contributed by atoms with Crippen LogP contribution in [0.5, 0.6) is 0 Å². The predicted octanol–water partition coefficient (Wildman–Crippen LogP) is 3.07. The summed E-state index contributed by atoms with van der Waals surface area (Å²) >= 11 is 0. The molecule has 2 aromatic rings. The Morgan fingerprint density at radius 1 is 1.14 bits per heavy atom. The van der Waals surface area contributed by atoms with Crippen molar-refractivity contribution < 1.29 is 22.4 Å². The molecule has 6 nitrogen and oxygen atoms in total. The van der Waals surface area contributed by atoms with Gasteiger partial charge in [0, 0.05) is 38.7 Å². The van der Waals surface area contributed by atoms with Crippen LogP contribution < -0.4 is 5.32 Å². The van der Waals surface area contributed by atoms with Gasteiger partial charge >= 0.3 is 6.18 Å². The van der Waals surface area contributed by atoms with E-state index in [9.17, 15) is 22.4 Å². The number of anilines is 1. The van der Waals surface area contributed by atoms with Gasteiger partial charge in [-0.3, -0.25) is 4.79 Å². The molecule has 2 aliphatic heterocycles. The first kappa shape index (κ1) is 19.7. The van der Waals surface area contributed by atoms with E-state index in [0.717, 1.165) is 4.68 Å². The zero-order valence-electron chi connectivity index (χ0n) is 15.8. The van der Waals surface area contributed by atoms with Crippen LogP contribution in [-0.2, 0) is 0 Å². The van der Waals surface area contributed by atoms with Crippen molar-refractivity contribution in [3.8, 4) is 0 Å². The molecule has 10 heteroatoms. The summed E-state index contributed by atoms with van der Waals surface area (Å²) in [6.07, 6.45) is -4.83. The minimum absolute atomic E-state index is 0.00828. The van der Waals surface area contributed by atoms with E-state index in [1.807, 2.05) is 7.05 Å². The summed E-state index contributed by atoms with van der Waals surface area (Å²) in [7, 11) is 1.95. The first-order valence-electron chi connectivity index (χ1n) is 9.38. The van der Waals surface area contributed by atoms with E-state index < -0.39 is 24.1 Å². The van der Waals surface area contributed by atoms with Crippen LogP contribution in [0.3, 0.4) is 0 Å². The van der Waals surface area contributed by atoms with Gasteiger partial charge in [0.05, 0.1) is 6.04 Å². The molecule has 1 N–H and O–H groups in total. The van der Waals surface area contributed by atoms with E-state index in [1.165, 1.54) is 30.3 Å². The lowest BCUT2D eigenvalue weighted by Crippen LogP contribution is -2.47. The summed E-state index contributed by atoms with van der Waals surface area (Å²) in [4.78, 5) is 16.4. The van der Waals surface area contributed by atoms with Gasteiger partial charge in [-0.2, -0.15) is 18.3 Å². The number of piperazine rings is 1. The highest BCUT2D eigenvalue weighted by atomic mass is 19.4. The molecule has 1 saturated heterocycles. The Labute approximate surface area is 165 Å². The molecule has 29 heavy (non-hydrogen) atoms. The summed E-state index contributed by atoms with van der Waals surface area (Å²) in [5.74, 6) is -0.700. The normalized spacial score (nSPS) is 22.9. The number of rotatable bonds is 2. The third-order valence-corrected chi connectivity index (χ3v) is 5.47. The van der Waals surface area contributed by atoms with Crippen molar-refractivity contribution in [1.29, 1.82) is 0 Å². The number of benzene rings is 1. The quantitative estimate of drug-likeness (QED) is 0.772. The van der Waals surface area contributed by atoms with Crippen LogP contribution in [0.25, 0.3) is 0 Å². The number of aromatic nitrogens is 2. The number of alkyl halides is 3. The Kier molecular flexibility index (Phi) is 4.97. The van der Waals surface area contributed by atoms with Crippen molar-refractivity contribution in [3.05, 3.63) is 47.4 Å². The zero-order chi connectivity index (χ0) is 20.8. The van der Waals surface area contributed by atoms with Crippen molar-refractivity contribution >= 4 is 11.7 Å². The average Bonchev–Trinajstić information content (AvgIpc) is 3.11. The minimum Gasteiger partial charge on any atom is -0.363 e. The second-order valence-corrected chi connectivity index (χ2v) is 7.50. The predicted molar refractivity (Wildman–Crippen MR) is 98.1 cm³/mol. The maximum absolute atomic E-state index is 13.7. The number of nitrogens with one attached hydrogen (secondary N) is 1. The molecule has 1 fully saturated rings. The van der Waals surface area contributed by atoms with Gasteiger partial charge in [0.2, 0.25) is 0 Å². The van der Waals surface area contributed by atoms with Crippen LogP contribution in [0, 0.1) is 5.82 Å². The molecule has 0 radical (unpaired) electrons. The highest BCUT2D eigenvalue weighted by Gasteiger charge is 2.47. The Bertz CT molecular complexity index is 887. The van der Waals surface area contributed by atoms with Crippen LogP contribution in [-0.4, -0.2) is 64.9 Å². The number of likely N-dealkylation sites (N-methyl/N-ethyl adjacent to an activating group) is 1. The summed E-state index contributed by atoms with van der Waals surface area (Å²) in [6.45, 7) is 2.42. The molecule has 0 spiro atoms. The molecular weight excluding hydrogens is 390 g/mol.